The van der Waals surface area contributed by atoms with E-state index in [-0.39, 0.29) is 24.8 Å². The molecule has 0 unspecified atom stereocenters. The van der Waals surface area contributed by atoms with E-state index in [0.29, 0.717) is 12.5 Å². The van der Waals surface area contributed by atoms with Crippen LogP contribution < -0.4 is 22.1 Å². The average molecular weight is 329 g/mol. The van der Waals surface area contributed by atoms with Gasteiger partial charge in [-0.1, -0.05) is 6.92 Å². The summed E-state index contributed by atoms with van der Waals surface area (Å²) < 4.78 is 26.8. The number of hydrogen-bond donors (Lipinski definition) is 4. The van der Waals surface area contributed by atoms with E-state index >= 15 is 0 Å². The zero-order valence-corrected chi connectivity index (χ0v) is 13.6. The van der Waals surface area contributed by atoms with Crippen molar-refractivity contribution < 1.29 is 8.78 Å². The van der Waals surface area contributed by atoms with Gasteiger partial charge in [0.15, 0.2) is 11.9 Å². The SMILES string of the molecule is CN[C@@H]1CCN(C2(CC3(C)CC(F)(F)C3)N=C(N)NC(N)=N2)C1. The molecule has 1 aliphatic carbocycles. The molecule has 0 amide bonds. The number of nitrogens with one attached hydrogen (secondary N) is 2. The minimum atomic E-state index is -2.59. The molecule has 23 heavy (non-hydrogen) atoms. The first-order chi connectivity index (χ1) is 10.7. The smallest absolute Gasteiger partial charge is 0.249 e. The normalized spacial score (nSPS) is 31.7. The Kier molecular flexibility index (Phi) is 3.75. The molecular formula is C14H25F2N7. The van der Waals surface area contributed by atoms with E-state index in [1.807, 2.05) is 14.0 Å². The van der Waals surface area contributed by atoms with Crippen LogP contribution in [0.25, 0.3) is 0 Å². The molecule has 2 fully saturated rings. The van der Waals surface area contributed by atoms with Crippen LogP contribution in [0.3, 0.4) is 0 Å². The van der Waals surface area contributed by atoms with Gasteiger partial charge in [0.2, 0.25) is 11.7 Å². The highest BCUT2D eigenvalue weighted by atomic mass is 19.3. The summed E-state index contributed by atoms with van der Waals surface area (Å²) in [7, 11) is 1.91. The Bertz CT molecular complexity index is 519. The predicted molar refractivity (Wildman–Crippen MR) is 85.1 cm³/mol. The number of guanidine groups is 2. The van der Waals surface area contributed by atoms with E-state index in [2.05, 4.69) is 25.5 Å². The van der Waals surface area contributed by atoms with Crippen LogP contribution in [0.1, 0.15) is 32.6 Å². The molecule has 7 nitrogen and oxygen atoms in total. The van der Waals surface area contributed by atoms with Gasteiger partial charge in [-0.2, -0.15) is 0 Å². The maximum atomic E-state index is 13.4. The van der Waals surface area contributed by atoms with Crippen molar-refractivity contribution in [1.29, 1.82) is 0 Å². The minimum Gasteiger partial charge on any atom is -0.370 e. The Hall–Kier alpha value is -1.48. The van der Waals surface area contributed by atoms with Gasteiger partial charge in [0, 0.05) is 38.4 Å². The van der Waals surface area contributed by atoms with Gasteiger partial charge in [0.1, 0.15) is 0 Å². The van der Waals surface area contributed by atoms with Gasteiger partial charge < -0.3 is 16.8 Å². The summed E-state index contributed by atoms with van der Waals surface area (Å²) in [6, 6.07) is 0.324. The van der Waals surface area contributed by atoms with Gasteiger partial charge in [-0.05, 0) is 18.9 Å². The van der Waals surface area contributed by atoms with Gasteiger partial charge in [0.05, 0.1) is 0 Å². The minimum absolute atomic E-state index is 0.149. The third kappa shape index (κ3) is 3.12. The molecule has 0 aromatic rings. The highest BCUT2D eigenvalue weighted by molar-refractivity contribution is 5.98. The molecule has 3 aliphatic rings. The number of halogens is 2. The monoisotopic (exact) mass is 329 g/mol. The molecule has 1 saturated heterocycles. The van der Waals surface area contributed by atoms with Gasteiger partial charge in [-0.25, -0.2) is 18.8 Å². The molecule has 130 valence electrons. The van der Waals surface area contributed by atoms with Gasteiger partial charge >= 0.3 is 0 Å². The van der Waals surface area contributed by atoms with Crippen molar-refractivity contribution in [2.75, 3.05) is 20.1 Å². The maximum Gasteiger partial charge on any atom is 0.249 e. The van der Waals surface area contributed by atoms with Gasteiger partial charge in [-0.3, -0.25) is 10.2 Å². The fourth-order valence-electron chi connectivity index (χ4n) is 4.15. The van der Waals surface area contributed by atoms with E-state index in [0.717, 1.165) is 19.5 Å². The molecular weight excluding hydrogens is 304 g/mol. The number of nitrogens with two attached hydrogens (primary N) is 2. The van der Waals surface area contributed by atoms with Crippen molar-refractivity contribution in [3.63, 3.8) is 0 Å². The second-order valence-corrected chi connectivity index (χ2v) is 7.31. The van der Waals surface area contributed by atoms with Gasteiger partial charge in [0.25, 0.3) is 0 Å². The zero-order valence-electron chi connectivity index (χ0n) is 13.6. The van der Waals surface area contributed by atoms with Crippen molar-refractivity contribution in [3.8, 4) is 0 Å². The summed E-state index contributed by atoms with van der Waals surface area (Å²) in [4.78, 5) is 11.1. The van der Waals surface area contributed by atoms with Crippen LogP contribution in [0.15, 0.2) is 9.98 Å². The van der Waals surface area contributed by atoms with E-state index in [9.17, 15) is 8.78 Å². The molecule has 0 aromatic carbocycles. The fourth-order valence-corrected chi connectivity index (χ4v) is 4.15. The summed E-state index contributed by atoms with van der Waals surface area (Å²) in [6.45, 7) is 3.36. The Balaban J connectivity index is 1.87. The molecule has 2 aliphatic heterocycles. The Labute approximate surface area is 134 Å². The zero-order chi connectivity index (χ0) is 16.9. The standard InChI is InChI=1S/C14H25F2N7/c1-12(6-13(15,16)7-12)8-14(21-10(17)20-11(18)22-14)23-4-3-9(5-23)19-2/h9,19H,3-8H2,1-2H3,(H5,17,18,20,21,22)/t9-/m1/s1. The molecule has 0 spiro atoms. The van der Waals surface area contributed by atoms with Crippen LogP contribution in [0, 0.1) is 5.41 Å². The molecule has 9 heteroatoms. The third-order valence-corrected chi connectivity index (χ3v) is 4.99. The lowest BCUT2D eigenvalue weighted by Crippen LogP contribution is -2.59. The quantitative estimate of drug-likeness (QED) is 0.581. The molecule has 0 aromatic heterocycles. The van der Waals surface area contributed by atoms with Crippen molar-refractivity contribution in [1.82, 2.24) is 15.5 Å². The van der Waals surface area contributed by atoms with Crippen LogP contribution in [-0.2, 0) is 0 Å². The Morgan fingerprint density at radius 3 is 2.39 bits per heavy atom. The molecule has 0 radical (unpaired) electrons. The van der Waals surface area contributed by atoms with Crippen molar-refractivity contribution in [2.45, 2.75) is 50.4 Å². The van der Waals surface area contributed by atoms with Crippen LogP contribution in [0.5, 0.6) is 0 Å². The van der Waals surface area contributed by atoms with E-state index < -0.39 is 17.1 Å². The lowest BCUT2D eigenvalue weighted by molar-refractivity contribution is -0.168. The highest BCUT2D eigenvalue weighted by Gasteiger charge is 2.58. The summed E-state index contributed by atoms with van der Waals surface area (Å²) in [6.07, 6.45) is 1.03. The molecule has 6 N–H and O–H groups in total. The molecule has 2 heterocycles. The van der Waals surface area contributed by atoms with Crippen molar-refractivity contribution in [2.24, 2.45) is 26.9 Å². The largest absolute Gasteiger partial charge is 0.370 e. The number of hydrogen-bond acceptors (Lipinski definition) is 7. The third-order valence-electron chi connectivity index (χ3n) is 4.99. The van der Waals surface area contributed by atoms with Crippen LogP contribution in [0.2, 0.25) is 0 Å². The average Bonchev–Trinajstić information content (AvgIpc) is 2.83. The topological polar surface area (TPSA) is 104 Å². The van der Waals surface area contributed by atoms with E-state index in [4.69, 9.17) is 11.5 Å². The maximum absolute atomic E-state index is 13.4. The highest BCUT2D eigenvalue weighted by Crippen LogP contribution is 2.56. The summed E-state index contributed by atoms with van der Waals surface area (Å²) in [5.74, 6) is -3.22. The van der Waals surface area contributed by atoms with Crippen LogP contribution >= 0.6 is 0 Å². The first kappa shape index (κ1) is 16.4. The number of likely N-dealkylation sites (N-methyl/N-ethyl adjacent to an activating group) is 1. The first-order valence-electron chi connectivity index (χ1n) is 7.93. The lowest BCUT2D eigenvalue weighted by atomic mass is 9.64. The number of rotatable bonds is 4. The Morgan fingerprint density at radius 1 is 1.30 bits per heavy atom. The first-order valence-corrected chi connectivity index (χ1v) is 7.93. The predicted octanol–water partition coefficient (Wildman–Crippen LogP) is -0.00800. The number of nitrogens with zero attached hydrogens (tertiary/aromatic N) is 3. The van der Waals surface area contributed by atoms with Crippen LogP contribution in [-0.4, -0.2) is 54.7 Å². The van der Waals surface area contributed by atoms with E-state index in [1.54, 1.807) is 0 Å². The van der Waals surface area contributed by atoms with Gasteiger partial charge in [-0.15, -0.1) is 0 Å². The second-order valence-electron chi connectivity index (χ2n) is 7.31. The molecule has 3 rings (SSSR count). The molecule has 0 bridgehead atoms. The van der Waals surface area contributed by atoms with Crippen molar-refractivity contribution >= 4 is 11.9 Å². The molecule has 1 atom stereocenters. The number of alkyl halides is 2. The summed E-state index contributed by atoms with van der Waals surface area (Å²) >= 11 is 0. The van der Waals surface area contributed by atoms with Crippen molar-refractivity contribution in [3.05, 3.63) is 0 Å². The van der Waals surface area contributed by atoms with Crippen LogP contribution in [0.4, 0.5) is 8.78 Å². The summed E-state index contributed by atoms with van der Waals surface area (Å²) in [5, 5.41) is 5.93. The fraction of sp³-hybridized carbons (Fsp3) is 0.857. The number of aliphatic imine (C=N–C) groups is 2. The Morgan fingerprint density at radius 2 is 1.91 bits per heavy atom. The number of likely N-dealkylation sites (tertiary alicyclic amines) is 1. The summed E-state index contributed by atoms with van der Waals surface area (Å²) in [5.41, 5.74) is 11.2. The molecule has 1 saturated carbocycles. The second kappa shape index (κ2) is 5.27. The lowest BCUT2D eigenvalue weighted by Gasteiger charge is -2.50. The van der Waals surface area contributed by atoms with E-state index in [1.165, 1.54) is 0 Å².